The minimum Gasteiger partial charge on any atom is -0.481 e. The Morgan fingerprint density at radius 1 is 1.47 bits per heavy atom. The summed E-state index contributed by atoms with van der Waals surface area (Å²) in [6.07, 6.45) is 3.11. The topological polar surface area (TPSA) is 60.5 Å². The summed E-state index contributed by atoms with van der Waals surface area (Å²) < 4.78 is 10.4. The first-order valence-electron chi connectivity index (χ1n) is 6.34. The lowest BCUT2D eigenvalue weighted by Gasteiger charge is -2.26. The van der Waals surface area contributed by atoms with Crippen molar-refractivity contribution in [2.75, 3.05) is 19.5 Å². The summed E-state index contributed by atoms with van der Waals surface area (Å²) in [5.74, 6) is 0.393. The molecule has 106 valence electrons. The second-order valence-corrected chi connectivity index (χ2v) is 4.69. The lowest BCUT2D eigenvalue weighted by Crippen LogP contribution is -2.41. The predicted molar refractivity (Wildman–Crippen MR) is 74.5 cm³/mol. The van der Waals surface area contributed by atoms with Crippen LogP contribution < -0.4 is 10.1 Å². The highest BCUT2D eigenvalue weighted by atomic mass is 16.5. The number of nitrogens with zero attached hydrogens (tertiary/aromatic N) is 1. The number of nitrogens with one attached hydrogen (secondary N) is 1. The minimum atomic E-state index is -0.817. The van der Waals surface area contributed by atoms with Crippen LogP contribution in [-0.4, -0.2) is 30.7 Å². The van der Waals surface area contributed by atoms with Crippen LogP contribution >= 0.6 is 0 Å². The highest BCUT2D eigenvalue weighted by Gasteiger charge is 2.32. The van der Waals surface area contributed by atoms with E-state index in [4.69, 9.17) is 9.47 Å². The van der Waals surface area contributed by atoms with Gasteiger partial charge in [0.1, 0.15) is 5.60 Å². The van der Waals surface area contributed by atoms with Crippen molar-refractivity contribution in [1.82, 2.24) is 4.98 Å². The van der Waals surface area contributed by atoms with Crippen LogP contribution in [0.15, 0.2) is 12.3 Å². The lowest BCUT2D eigenvalue weighted by molar-refractivity contribution is -0.136. The van der Waals surface area contributed by atoms with E-state index in [1.165, 1.54) is 0 Å². The van der Waals surface area contributed by atoms with Crippen molar-refractivity contribution in [3.63, 3.8) is 0 Å². The normalized spacial score (nSPS) is 13.7. The third kappa shape index (κ3) is 3.67. The molecule has 1 N–H and O–H groups in total. The van der Waals surface area contributed by atoms with E-state index >= 15 is 0 Å². The number of rotatable bonds is 6. The molecule has 5 heteroatoms. The van der Waals surface area contributed by atoms with Gasteiger partial charge in [0.25, 0.3) is 5.91 Å². The molecular formula is C14H22N2O3. The summed E-state index contributed by atoms with van der Waals surface area (Å²) in [5, 5.41) is 2.83. The average Bonchev–Trinajstić information content (AvgIpc) is 2.39. The molecule has 1 amide bonds. The van der Waals surface area contributed by atoms with Crippen molar-refractivity contribution in [3.8, 4) is 5.88 Å². The molecule has 0 saturated heterocycles. The van der Waals surface area contributed by atoms with Crippen LogP contribution in [0.2, 0.25) is 0 Å². The smallest absolute Gasteiger partial charge is 0.256 e. The maximum atomic E-state index is 12.2. The average molecular weight is 266 g/mol. The van der Waals surface area contributed by atoms with Gasteiger partial charge >= 0.3 is 0 Å². The Morgan fingerprint density at radius 2 is 2.16 bits per heavy atom. The summed E-state index contributed by atoms with van der Waals surface area (Å²) >= 11 is 0. The molecule has 0 unspecified atom stereocenters. The van der Waals surface area contributed by atoms with Crippen LogP contribution in [0.3, 0.4) is 0 Å². The van der Waals surface area contributed by atoms with Crippen molar-refractivity contribution in [1.29, 1.82) is 0 Å². The number of hydrogen-bond donors (Lipinski definition) is 1. The van der Waals surface area contributed by atoms with E-state index in [0.29, 0.717) is 18.0 Å². The van der Waals surface area contributed by atoms with Crippen molar-refractivity contribution in [2.45, 2.75) is 39.2 Å². The van der Waals surface area contributed by atoms with Crippen LogP contribution in [-0.2, 0) is 9.53 Å². The van der Waals surface area contributed by atoms with Crippen LogP contribution in [0.4, 0.5) is 5.69 Å². The van der Waals surface area contributed by atoms with Crippen molar-refractivity contribution < 1.29 is 14.3 Å². The predicted octanol–water partition coefficient (Wildman–Crippen LogP) is 2.54. The number of ether oxygens (including phenoxy) is 2. The van der Waals surface area contributed by atoms with E-state index < -0.39 is 5.60 Å². The summed E-state index contributed by atoms with van der Waals surface area (Å²) in [5.41, 5.74) is 0.695. The second kappa shape index (κ2) is 6.52. The third-order valence-corrected chi connectivity index (χ3v) is 3.14. The Labute approximate surface area is 114 Å². The molecule has 1 aromatic rings. The van der Waals surface area contributed by atoms with Gasteiger partial charge in [-0.25, -0.2) is 4.98 Å². The molecule has 0 saturated carbocycles. The monoisotopic (exact) mass is 266 g/mol. The highest BCUT2D eigenvalue weighted by molar-refractivity contribution is 5.97. The van der Waals surface area contributed by atoms with Gasteiger partial charge in [0.2, 0.25) is 5.88 Å². The van der Waals surface area contributed by atoms with Crippen molar-refractivity contribution >= 4 is 11.6 Å². The number of anilines is 1. The standard InChI is InChI=1S/C14H22N2O3/c1-6-7-14(3,19-5)13(17)16-11-8-10(2)12(18-4)15-9-11/h8-9H,6-7H2,1-5H3,(H,16,17)/t14-/m1/s1. The number of aryl methyl sites for hydroxylation is 1. The van der Waals surface area contributed by atoms with Crippen LogP contribution in [0.5, 0.6) is 5.88 Å². The third-order valence-electron chi connectivity index (χ3n) is 3.14. The van der Waals surface area contributed by atoms with Gasteiger partial charge in [-0.05, 0) is 26.3 Å². The highest BCUT2D eigenvalue weighted by Crippen LogP contribution is 2.22. The number of pyridine rings is 1. The Kier molecular flexibility index (Phi) is 5.30. The maximum Gasteiger partial charge on any atom is 0.256 e. The zero-order valence-corrected chi connectivity index (χ0v) is 12.2. The van der Waals surface area contributed by atoms with Gasteiger partial charge < -0.3 is 14.8 Å². The molecule has 19 heavy (non-hydrogen) atoms. The molecule has 1 atom stereocenters. The summed E-state index contributed by atoms with van der Waals surface area (Å²) in [6.45, 7) is 5.68. The van der Waals surface area contributed by atoms with Crippen LogP contribution in [0.1, 0.15) is 32.3 Å². The zero-order valence-electron chi connectivity index (χ0n) is 12.2. The van der Waals surface area contributed by atoms with E-state index in [0.717, 1.165) is 12.0 Å². The van der Waals surface area contributed by atoms with Gasteiger partial charge in [0.15, 0.2) is 0 Å². The SMILES string of the molecule is CCC[C@@](C)(OC)C(=O)Nc1cnc(OC)c(C)c1. The number of carbonyl (C=O) groups excluding carboxylic acids is 1. The Morgan fingerprint density at radius 3 is 2.63 bits per heavy atom. The van der Waals surface area contributed by atoms with Gasteiger partial charge in [0, 0.05) is 12.7 Å². The lowest BCUT2D eigenvalue weighted by atomic mass is 9.99. The van der Waals surface area contributed by atoms with Crippen LogP contribution in [0, 0.1) is 6.92 Å². The molecule has 0 aromatic carbocycles. The minimum absolute atomic E-state index is 0.164. The van der Waals surface area contributed by atoms with E-state index in [9.17, 15) is 4.79 Å². The summed E-state index contributed by atoms with van der Waals surface area (Å²) in [4.78, 5) is 16.4. The molecule has 1 heterocycles. The van der Waals surface area contributed by atoms with Gasteiger partial charge in [-0.15, -0.1) is 0 Å². The molecule has 0 bridgehead atoms. The van der Waals surface area contributed by atoms with Crippen molar-refractivity contribution in [3.05, 3.63) is 17.8 Å². The molecule has 0 radical (unpaired) electrons. The molecular weight excluding hydrogens is 244 g/mol. The fraction of sp³-hybridized carbons (Fsp3) is 0.571. The Hall–Kier alpha value is -1.62. The quantitative estimate of drug-likeness (QED) is 0.859. The number of amides is 1. The van der Waals surface area contributed by atoms with Crippen LogP contribution in [0.25, 0.3) is 0 Å². The maximum absolute atomic E-state index is 12.2. The first-order chi connectivity index (χ1) is 8.96. The molecule has 5 nitrogen and oxygen atoms in total. The largest absolute Gasteiger partial charge is 0.481 e. The Balaban J connectivity index is 2.84. The first kappa shape index (κ1) is 15.4. The fourth-order valence-corrected chi connectivity index (χ4v) is 1.89. The summed E-state index contributed by atoms with van der Waals surface area (Å²) in [7, 11) is 3.11. The molecule has 0 aliphatic rings. The molecule has 0 aliphatic carbocycles. The van der Waals surface area contributed by atoms with Gasteiger partial charge in [-0.1, -0.05) is 13.3 Å². The fourth-order valence-electron chi connectivity index (χ4n) is 1.89. The van der Waals surface area contributed by atoms with Gasteiger partial charge in [-0.3, -0.25) is 4.79 Å². The summed E-state index contributed by atoms with van der Waals surface area (Å²) in [6, 6.07) is 1.83. The number of aromatic nitrogens is 1. The number of methoxy groups -OCH3 is 2. The molecule has 1 rings (SSSR count). The number of hydrogen-bond acceptors (Lipinski definition) is 4. The van der Waals surface area contributed by atoms with E-state index in [-0.39, 0.29) is 5.91 Å². The van der Waals surface area contributed by atoms with E-state index in [1.54, 1.807) is 27.3 Å². The molecule has 0 fully saturated rings. The van der Waals surface area contributed by atoms with E-state index in [1.807, 2.05) is 19.9 Å². The zero-order chi connectivity index (χ0) is 14.5. The molecule has 0 aliphatic heterocycles. The molecule has 0 spiro atoms. The second-order valence-electron chi connectivity index (χ2n) is 4.69. The first-order valence-corrected chi connectivity index (χ1v) is 6.34. The number of carbonyl (C=O) groups is 1. The van der Waals surface area contributed by atoms with E-state index in [2.05, 4.69) is 10.3 Å². The van der Waals surface area contributed by atoms with Crippen molar-refractivity contribution in [2.24, 2.45) is 0 Å². The van der Waals surface area contributed by atoms with Gasteiger partial charge in [0.05, 0.1) is 19.0 Å². The Bertz CT molecular complexity index is 448. The van der Waals surface area contributed by atoms with Gasteiger partial charge in [-0.2, -0.15) is 0 Å². The molecule has 1 aromatic heterocycles.